The first kappa shape index (κ1) is 23.1. The van der Waals surface area contributed by atoms with Gasteiger partial charge in [0.05, 0.1) is 7.11 Å². The Kier molecular flexibility index (Phi) is 9.42. The Balaban J connectivity index is 4.22. The van der Waals surface area contributed by atoms with Crippen molar-refractivity contribution in [2.75, 3.05) is 13.7 Å². The Morgan fingerprint density at radius 3 is 2.20 bits per heavy atom. The molecule has 0 unspecified atom stereocenters. The van der Waals surface area contributed by atoms with Crippen molar-refractivity contribution < 1.29 is 32.3 Å². The van der Waals surface area contributed by atoms with Crippen LogP contribution >= 0.6 is 0 Å². The number of esters is 1. The monoisotopic (exact) mass is 381 g/mol. The van der Waals surface area contributed by atoms with Crippen molar-refractivity contribution in [3.63, 3.8) is 0 Å². The van der Waals surface area contributed by atoms with Crippen molar-refractivity contribution in [3.05, 3.63) is 0 Å². The van der Waals surface area contributed by atoms with E-state index in [1.807, 2.05) is 0 Å². The summed E-state index contributed by atoms with van der Waals surface area (Å²) in [6, 6.07) is -0.779. The molecular formula is C14H27N3O7S. The number of rotatable bonds is 9. The Hall–Kier alpha value is -1.88. The molecule has 0 heterocycles. The summed E-state index contributed by atoms with van der Waals surface area (Å²) in [5.74, 6) is -0.931. The van der Waals surface area contributed by atoms with Gasteiger partial charge in [0.2, 0.25) is 5.91 Å². The molecule has 0 radical (unpaired) electrons. The maximum absolute atomic E-state index is 11.7. The van der Waals surface area contributed by atoms with Gasteiger partial charge < -0.3 is 14.8 Å². The molecule has 0 saturated carbocycles. The molecule has 0 aromatic carbocycles. The van der Waals surface area contributed by atoms with Crippen LogP contribution in [0.25, 0.3) is 0 Å². The molecule has 0 bridgehead atoms. The Bertz CT molecular complexity index is 569. The van der Waals surface area contributed by atoms with Gasteiger partial charge in [-0.15, -0.1) is 0 Å². The Morgan fingerprint density at radius 2 is 1.72 bits per heavy atom. The second kappa shape index (κ2) is 10.2. The van der Waals surface area contributed by atoms with E-state index in [4.69, 9.17) is 4.74 Å². The predicted octanol–water partition coefficient (Wildman–Crippen LogP) is 0.194. The maximum Gasteiger partial charge on any atom is 0.422 e. The van der Waals surface area contributed by atoms with Crippen molar-refractivity contribution in [2.45, 2.75) is 58.6 Å². The summed E-state index contributed by atoms with van der Waals surface area (Å²) in [4.78, 5) is 33.9. The highest BCUT2D eigenvalue weighted by atomic mass is 32.2. The summed E-state index contributed by atoms with van der Waals surface area (Å²) in [5.41, 5.74) is -0.813. The molecule has 0 fully saturated rings. The van der Waals surface area contributed by atoms with E-state index in [2.05, 4.69) is 14.8 Å². The molecule has 0 aliphatic rings. The van der Waals surface area contributed by atoms with E-state index in [1.54, 1.807) is 25.5 Å². The van der Waals surface area contributed by atoms with Crippen molar-refractivity contribution >= 4 is 28.2 Å². The number of carbonyl (C=O) groups excluding carboxylic acids is 3. The molecule has 10 nitrogen and oxygen atoms in total. The average molecular weight is 381 g/mol. The third-order valence-corrected chi connectivity index (χ3v) is 3.71. The molecular weight excluding hydrogens is 354 g/mol. The van der Waals surface area contributed by atoms with Crippen LogP contribution in [0.2, 0.25) is 0 Å². The van der Waals surface area contributed by atoms with Gasteiger partial charge in [-0.3, -0.25) is 4.79 Å². The molecule has 0 rings (SSSR count). The highest BCUT2D eigenvalue weighted by Crippen LogP contribution is 2.07. The predicted molar refractivity (Wildman–Crippen MR) is 89.8 cm³/mol. The molecule has 2 amide bonds. The number of amides is 2. The SMILES string of the molecule is COC(=O)[C@H](CCCCNS(=O)(=O)NC(=O)OC(C)(C)C)NC(C)=O. The van der Waals surface area contributed by atoms with Gasteiger partial charge in [0.1, 0.15) is 11.6 Å². The summed E-state index contributed by atoms with van der Waals surface area (Å²) >= 11 is 0. The van der Waals surface area contributed by atoms with Gasteiger partial charge in [-0.1, -0.05) is 0 Å². The number of ether oxygens (including phenoxy) is 2. The first-order chi connectivity index (χ1) is 11.4. The molecule has 0 spiro atoms. The molecule has 0 saturated heterocycles. The molecule has 0 aliphatic carbocycles. The lowest BCUT2D eigenvalue weighted by Crippen LogP contribution is -2.43. The first-order valence-electron chi connectivity index (χ1n) is 7.71. The molecule has 0 aromatic heterocycles. The molecule has 0 aliphatic heterocycles. The number of methoxy groups -OCH3 is 1. The zero-order valence-corrected chi connectivity index (χ0v) is 16.0. The van der Waals surface area contributed by atoms with Crippen LogP contribution in [0.3, 0.4) is 0 Å². The van der Waals surface area contributed by atoms with Crippen LogP contribution in [0.1, 0.15) is 47.0 Å². The Labute approximate surface area is 148 Å². The number of hydrogen-bond acceptors (Lipinski definition) is 7. The van der Waals surface area contributed by atoms with E-state index in [1.165, 1.54) is 14.0 Å². The minimum atomic E-state index is -4.03. The number of unbranched alkanes of at least 4 members (excludes halogenated alkanes) is 1. The van der Waals surface area contributed by atoms with Gasteiger partial charge in [0.15, 0.2) is 0 Å². The Morgan fingerprint density at radius 1 is 1.12 bits per heavy atom. The largest absolute Gasteiger partial charge is 0.467 e. The highest BCUT2D eigenvalue weighted by Gasteiger charge is 2.21. The van der Waals surface area contributed by atoms with Crippen LogP contribution in [0.5, 0.6) is 0 Å². The minimum Gasteiger partial charge on any atom is -0.467 e. The third kappa shape index (κ3) is 12.2. The van der Waals surface area contributed by atoms with Gasteiger partial charge in [-0.05, 0) is 40.0 Å². The van der Waals surface area contributed by atoms with E-state index in [0.29, 0.717) is 19.3 Å². The van der Waals surface area contributed by atoms with Gasteiger partial charge >= 0.3 is 22.3 Å². The average Bonchev–Trinajstić information content (AvgIpc) is 2.41. The zero-order chi connectivity index (χ0) is 19.7. The van der Waals surface area contributed by atoms with Gasteiger partial charge in [0, 0.05) is 13.5 Å². The van der Waals surface area contributed by atoms with Crippen LogP contribution in [-0.4, -0.2) is 51.7 Å². The fourth-order valence-corrected chi connectivity index (χ4v) is 2.51. The summed E-state index contributed by atoms with van der Waals surface area (Å²) in [6.07, 6.45) is 0.0709. The lowest BCUT2D eigenvalue weighted by Gasteiger charge is -2.19. The van der Waals surface area contributed by atoms with Gasteiger partial charge in [0.25, 0.3) is 0 Å². The third-order valence-electron chi connectivity index (χ3n) is 2.69. The highest BCUT2D eigenvalue weighted by molar-refractivity contribution is 7.88. The van der Waals surface area contributed by atoms with E-state index in [-0.39, 0.29) is 12.5 Å². The standard InChI is InChI=1S/C14H27N3O7S/c1-10(18)16-11(12(19)23-5)8-6-7-9-15-25(21,22)17-13(20)24-14(2,3)4/h11,15H,6-9H2,1-5H3,(H,16,18)(H,17,20)/t11-/m0/s1. The van der Waals surface area contributed by atoms with Crippen LogP contribution in [0.4, 0.5) is 4.79 Å². The van der Waals surface area contributed by atoms with Crippen LogP contribution in [0, 0.1) is 0 Å². The zero-order valence-electron chi connectivity index (χ0n) is 15.2. The van der Waals surface area contributed by atoms with Crippen molar-refractivity contribution in [1.82, 2.24) is 14.8 Å². The first-order valence-corrected chi connectivity index (χ1v) is 9.20. The normalized spacial score (nSPS) is 12.8. The molecule has 11 heteroatoms. The van der Waals surface area contributed by atoms with Crippen molar-refractivity contribution in [1.29, 1.82) is 0 Å². The van der Waals surface area contributed by atoms with Gasteiger partial charge in [-0.25, -0.2) is 14.3 Å². The van der Waals surface area contributed by atoms with Crippen molar-refractivity contribution in [2.24, 2.45) is 0 Å². The minimum absolute atomic E-state index is 0.0477. The second-order valence-electron chi connectivity index (χ2n) is 6.27. The van der Waals surface area contributed by atoms with Crippen molar-refractivity contribution in [3.8, 4) is 0 Å². The molecule has 25 heavy (non-hydrogen) atoms. The van der Waals surface area contributed by atoms with Crippen LogP contribution in [0.15, 0.2) is 0 Å². The quantitative estimate of drug-likeness (QED) is 0.383. The smallest absolute Gasteiger partial charge is 0.422 e. The fraction of sp³-hybridized carbons (Fsp3) is 0.786. The summed E-state index contributed by atoms with van der Waals surface area (Å²) in [6.45, 7) is 6.16. The van der Waals surface area contributed by atoms with E-state index < -0.39 is 33.9 Å². The lowest BCUT2D eigenvalue weighted by atomic mass is 10.1. The van der Waals surface area contributed by atoms with E-state index in [9.17, 15) is 22.8 Å². The number of nitrogens with one attached hydrogen (secondary N) is 3. The molecule has 0 aromatic rings. The summed E-state index contributed by atoms with van der Waals surface area (Å²) in [5, 5.41) is 2.46. The topological polar surface area (TPSA) is 140 Å². The fourth-order valence-electron chi connectivity index (χ4n) is 1.76. The van der Waals surface area contributed by atoms with Gasteiger partial charge in [-0.2, -0.15) is 13.1 Å². The molecule has 3 N–H and O–H groups in total. The second-order valence-corrected chi connectivity index (χ2v) is 7.77. The van der Waals surface area contributed by atoms with E-state index >= 15 is 0 Å². The maximum atomic E-state index is 11.7. The van der Waals surface area contributed by atoms with E-state index in [0.717, 1.165) is 0 Å². The number of carbonyl (C=O) groups is 3. The summed E-state index contributed by atoms with van der Waals surface area (Å²) < 4.78 is 36.7. The lowest BCUT2D eigenvalue weighted by molar-refractivity contribution is -0.145. The van der Waals surface area contributed by atoms with Crippen LogP contribution < -0.4 is 14.8 Å². The number of hydrogen-bond donors (Lipinski definition) is 3. The molecule has 1 atom stereocenters. The van der Waals surface area contributed by atoms with Crippen LogP contribution in [-0.2, 0) is 29.3 Å². The molecule has 146 valence electrons. The summed E-state index contributed by atoms with van der Waals surface area (Å²) in [7, 11) is -2.81.